The van der Waals surface area contributed by atoms with Crippen LogP contribution in [0.25, 0.3) is 0 Å². The molecule has 0 heterocycles. The Kier molecular flexibility index (Phi) is 8.90. The summed E-state index contributed by atoms with van der Waals surface area (Å²) >= 11 is 0. The van der Waals surface area contributed by atoms with Gasteiger partial charge in [-0.25, -0.2) is 0 Å². The molecule has 4 aliphatic carbocycles. The van der Waals surface area contributed by atoms with Gasteiger partial charge < -0.3 is 25.7 Å². The third kappa shape index (κ3) is 5.67. The number of rotatable bonds is 9. The average Bonchev–Trinajstić information content (AvgIpc) is 3.11. The standard InChI is InChI=1S/C29H51NO8S/c1-17(6-5-7-18(2)26(34)30-12-13-39(36,37)38)22-15-23(32)25-20-14-24(33)29(35)16-19(31)8-11-28(29,4)21(20)9-10-27(22,25)3/h17-25,31-33,35H,5-16H2,1-4H3,(H,30,34)(H,36,37,38)/t17-,18+,19+,20?,21?,22-,23?,24-,25?,27-,28-,29+/m1/s1. The van der Waals surface area contributed by atoms with Gasteiger partial charge in [0.05, 0.1) is 29.7 Å². The van der Waals surface area contributed by atoms with Gasteiger partial charge >= 0.3 is 0 Å². The molecule has 4 unspecified atom stereocenters. The van der Waals surface area contributed by atoms with E-state index in [9.17, 15) is 33.6 Å². The third-order valence-corrected chi connectivity index (χ3v) is 12.7. The van der Waals surface area contributed by atoms with Crippen LogP contribution in [-0.4, -0.2) is 75.5 Å². The number of carbonyl (C=O) groups excluding carboxylic acids is 1. The van der Waals surface area contributed by atoms with E-state index in [-0.39, 0.29) is 48.0 Å². The fourth-order valence-electron chi connectivity index (χ4n) is 9.81. The number of carbonyl (C=O) groups is 1. The Morgan fingerprint density at radius 2 is 1.74 bits per heavy atom. The van der Waals surface area contributed by atoms with Gasteiger partial charge in [-0.2, -0.15) is 8.42 Å². The zero-order valence-corrected chi connectivity index (χ0v) is 24.9. The quantitative estimate of drug-likeness (QED) is 0.229. The largest absolute Gasteiger partial charge is 0.393 e. The summed E-state index contributed by atoms with van der Waals surface area (Å²) in [6.07, 6.45) is 5.17. The van der Waals surface area contributed by atoms with E-state index >= 15 is 0 Å². The highest BCUT2D eigenvalue weighted by atomic mass is 32.2. The molecule has 0 aromatic heterocycles. The van der Waals surface area contributed by atoms with Crippen LogP contribution in [0, 0.1) is 46.3 Å². The molecule has 1 amide bonds. The van der Waals surface area contributed by atoms with Gasteiger partial charge in [0.1, 0.15) is 0 Å². The maximum atomic E-state index is 12.3. The molecule has 0 saturated heterocycles. The van der Waals surface area contributed by atoms with Crippen LogP contribution in [-0.2, 0) is 14.9 Å². The second-order valence-corrected chi connectivity index (χ2v) is 15.7. The minimum atomic E-state index is -4.10. The van der Waals surface area contributed by atoms with Crippen molar-refractivity contribution in [1.82, 2.24) is 5.32 Å². The number of nitrogens with one attached hydrogen (secondary N) is 1. The van der Waals surface area contributed by atoms with Crippen LogP contribution in [0.4, 0.5) is 0 Å². The average molecular weight is 574 g/mol. The second-order valence-electron chi connectivity index (χ2n) is 14.1. The van der Waals surface area contributed by atoms with Crippen LogP contribution >= 0.6 is 0 Å². The summed E-state index contributed by atoms with van der Waals surface area (Å²) in [4.78, 5) is 12.3. The number of hydrogen-bond acceptors (Lipinski definition) is 7. The van der Waals surface area contributed by atoms with Gasteiger partial charge in [-0.1, -0.05) is 40.5 Å². The molecule has 10 heteroatoms. The van der Waals surface area contributed by atoms with Crippen LogP contribution in [0.1, 0.15) is 91.9 Å². The molecule has 4 aliphatic rings. The minimum Gasteiger partial charge on any atom is -0.393 e. The van der Waals surface area contributed by atoms with E-state index in [1.807, 2.05) is 6.92 Å². The number of hydrogen-bond donors (Lipinski definition) is 6. The zero-order chi connectivity index (χ0) is 29.0. The van der Waals surface area contributed by atoms with Gasteiger partial charge in [0, 0.05) is 24.3 Å². The Hall–Kier alpha value is -0.780. The molecule has 4 fully saturated rings. The molecule has 6 N–H and O–H groups in total. The van der Waals surface area contributed by atoms with Gasteiger partial charge in [0.2, 0.25) is 5.91 Å². The fraction of sp³-hybridized carbons (Fsp3) is 0.966. The topological polar surface area (TPSA) is 164 Å². The lowest BCUT2D eigenvalue weighted by atomic mass is 9.42. The smallest absolute Gasteiger partial charge is 0.266 e. The molecular formula is C29H51NO8S. The highest BCUT2D eigenvalue weighted by Gasteiger charge is 2.68. The van der Waals surface area contributed by atoms with E-state index in [0.29, 0.717) is 37.5 Å². The van der Waals surface area contributed by atoms with E-state index in [0.717, 1.165) is 32.1 Å². The molecule has 226 valence electrons. The van der Waals surface area contributed by atoms with Gasteiger partial charge in [-0.3, -0.25) is 9.35 Å². The van der Waals surface area contributed by atoms with Gasteiger partial charge in [-0.05, 0) is 80.0 Å². The Labute approximate surface area is 233 Å². The number of aliphatic hydroxyl groups excluding tert-OH is 3. The first-order valence-electron chi connectivity index (χ1n) is 15.0. The molecule has 12 atom stereocenters. The summed E-state index contributed by atoms with van der Waals surface area (Å²) in [7, 11) is -4.10. The summed E-state index contributed by atoms with van der Waals surface area (Å²) in [6, 6.07) is 0. The van der Waals surface area contributed by atoms with Crippen LogP contribution < -0.4 is 5.32 Å². The van der Waals surface area contributed by atoms with Gasteiger partial charge in [-0.15, -0.1) is 0 Å². The van der Waals surface area contributed by atoms with Gasteiger partial charge in [0.15, 0.2) is 0 Å². The van der Waals surface area contributed by atoms with Crippen molar-refractivity contribution in [3.05, 3.63) is 0 Å². The summed E-state index contributed by atoms with van der Waals surface area (Å²) in [5, 5.41) is 47.2. The molecular weight excluding hydrogens is 522 g/mol. The number of amides is 1. The van der Waals surface area contributed by atoms with E-state index in [1.165, 1.54) is 0 Å². The molecule has 0 aromatic rings. The Bertz CT molecular complexity index is 1010. The van der Waals surface area contributed by atoms with Crippen molar-refractivity contribution in [2.75, 3.05) is 12.3 Å². The van der Waals surface area contributed by atoms with Crippen LogP contribution in [0.3, 0.4) is 0 Å². The Balaban J connectivity index is 1.38. The molecule has 39 heavy (non-hydrogen) atoms. The highest BCUT2D eigenvalue weighted by molar-refractivity contribution is 7.85. The second kappa shape index (κ2) is 11.1. The van der Waals surface area contributed by atoms with Crippen molar-refractivity contribution in [3.8, 4) is 0 Å². The predicted molar refractivity (Wildman–Crippen MR) is 147 cm³/mol. The molecule has 0 spiro atoms. The van der Waals surface area contributed by atoms with Crippen molar-refractivity contribution < 1.29 is 38.2 Å². The van der Waals surface area contributed by atoms with Crippen molar-refractivity contribution in [2.45, 2.75) is 116 Å². The van der Waals surface area contributed by atoms with Crippen molar-refractivity contribution in [1.29, 1.82) is 0 Å². The Morgan fingerprint density at radius 3 is 2.41 bits per heavy atom. The lowest BCUT2D eigenvalue weighted by Crippen LogP contribution is -2.69. The van der Waals surface area contributed by atoms with E-state index in [4.69, 9.17) is 4.55 Å². The predicted octanol–water partition coefficient (Wildman–Crippen LogP) is 2.51. The first-order chi connectivity index (χ1) is 18.0. The SMILES string of the molecule is C[C@H](CCC[C@H](C)C(=O)NCCS(=O)(=O)O)[C@H]1CC(O)C2C3C[C@@H](O)[C@@]4(O)C[C@@H](O)CC[C@]4(C)C3CC[C@@]21C. The molecule has 0 aliphatic heterocycles. The summed E-state index contributed by atoms with van der Waals surface area (Å²) in [5.74, 6) is 0.127. The highest BCUT2D eigenvalue weighted by Crippen LogP contribution is 2.69. The first-order valence-corrected chi connectivity index (χ1v) is 16.6. The fourth-order valence-corrected chi connectivity index (χ4v) is 10.2. The molecule has 4 rings (SSSR count). The lowest BCUT2D eigenvalue weighted by Gasteiger charge is -2.65. The van der Waals surface area contributed by atoms with Crippen molar-refractivity contribution in [2.24, 2.45) is 46.3 Å². The molecule has 9 nitrogen and oxygen atoms in total. The van der Waals surface area contributed by atoms with E-state index in [2.05, 4.69) is 26.1 Å². The first kappa shape index (κ1) is 31.2. The van der Waals surface area contributed by atoms with Crippen molar-refractivity contribution >= 4 is 16.0 Å². The van der Waals surface area contributed by atoms with Crippen LogP contribution in [0.15, 0.2) is 0 Å². The normalized spacial score (nSPS) is 45.5. The van der Waals surface area contributed by atoms with Gasteiger partial charge in [0.25, 0.3) is 10.1 Å². The zero-order valence-electron chi connectivity index (χ0n) is 24.1. The number of aliphatic hydroxyl groups is 4. The molecule has 0 aromatic carbocycles. The third-order valence-electron chi connectivity index (χ3n) is 12.0. The summed E-state index contributed by atoms with van der Waals surface area (Å²) in [6.45, 7) is 8.38. The minimum absolute atomic E-state index is 0.0570. The number of fused-ring (bicyclic) bond motifs is 5. The van der Waals surface area contributed by atoms with E-state index in [1.54, 1.807) is 0 Å². The molecule has 4 saturated carbocycles. The molecule has 0 radical (unpaired) electrons. The maximum Gasteiger partial charge on any atom is 0.266 e. The van der Waals surface area contributed by atoms with E-state index < -0.39 is 45.2 Å². The van der Waals surface area contributed by atoms with Crippen molar-refractivity contribution in [3.63, 3.8) is 0 Å². The van der Waals surface area contributed by atoms with Crippen LogP contribution in [0.2, 0.25) is 0 Å². The Morgan fingerprint density at radius 1 is 1.05 bits per heavy atom. The van der Waals surface area contributed by atoms with Crippen LogP contribution in [0.5, 0.6) is 0 Å². The summed E-state index contributed by atoms with van der Waals surface area (Å²) in [5.41, 5.74) is -1.82. The lowest BCUT2D eigenvalue weighted by molar-refractivity contribution is -0.268. The summed E-state index contributed by atoms with van der Waals surface area (Å²) < 4.78 is 30.5. The molecule has 0 bridgehead atoms. The maximum absolute atomic E-state index is 12.3. The monoisotopic (exact) mass is 573 g/mol.